The molecule has 0 radical (unpaired) electrons. The SMILES string of the molecule is CC(=C(F)C(=O)Nc1ccc(-c2ccccc2S(=O)(=O)NC(C)(C)C)cc1F)c1ccc2ccncc2c1. The van der Waals surface area contributed by atoms with E-state index in [9.17, 15) is 13.2 Å². The van der Waals surface area contributed by atoms with Gasteiger partial charge in [-0.3, -0.25) is 9.78 Å². The number of anilines is 1. The third kappa shape index (κ3) is 5.95. The van der Waals surface area contributed by atoms with Crippen molar-refractivity contribution in [3.05, 3.63) is 96.3 Å². The molecule has 4 aromatic rings. The number of sulfonamides is 1. The van der Waals surface area contributed by atoms with E-state index in [4.69, 9.17) is 0 Å². The van der Waals surface area contributed by atoms with Crippen LogP contribution in [0.1, 0.15) is 33.3 Å². The normalized spacial score (nSPS) is 12.8. The van der Waals surface area contributed by atoms with Gasteiger partial charge in [0.25, 0.3) is 5.91 Å². The van der Waals surface area contributed by atoms with Gasteiger partial charge in [-0.2, -0.15) is 0 Å². The Morgan fingerprint density at radius 3 is 2.39 bits per heavy atom. The van der Waals surface area contributed by atoms with Gasteiger partial charge in [0.15, 0.2) is 5.83 Å². The number of hydrogen-bond donors (Lipinski definition) is 2. The molecule has 0 bridgehead atoms. The number of amides is 1. The highest BCUT2D eigenvalue weighted by atomic mass is 32.2. The Hall–Kier alpha value is -3.95. The number of halogens is 2. The minimum Gasteiger partial charge on any atom is -0.317 e. The van der Waals surface area contributed by atoms with Crippen molar-refractivity contribution >= 4 is 38.0 Å². The van der Waals surface area contributed by atoms with Gasteiger partial charge in [-0.25, -0.2) is 21.9 Å². The maximum atomic E-state index is 15.0. The highest BCUT2D eigenvalue weighted by Gasteiger charge is 2.25. The molecule has 2 N–H and O–H groups in total. The number of carbonyl (C=O) groups is 1. The molecule has 0 atom stereocenters. The van der Waals surface area contributed by atoms with Crippen LogP contribution in [0.3, 0.4) is 0 Å². The van der Waals surface area contributed by atoms with E-state index in [2.05, 4.69) is 15.0 Å². The lowest BCUT2D eigenvalue weighted by Gasteiger charge is -2.21. The first kappa shape index (κ1) is 27.1. The third-order valence-corrected chi connectivity index (χ3v) is 7.56. The molecule has 6 nitrogen and oxygen atoms in total. The molecule has 0 saturated carbocycles. The summed E-state index contributed by atoms with van der Waals surface area (Å²) in [6.45, 7) is 6.62. The number of nitrogens with one attached hydrogen (secondary N) is 2. The predicted octanol–water partition coefficient (Wildman–Crippen LogP) is 6.46. The topological polar surface area (TPSA) is 88.2 Å². The molecule has 0 spiro atoms. The molecular weight excluding hydrogens is 508 g/mol. The van der Waals surface area contributed by atoms with Crippen LogP contribution < -0.4 is 10.0 Å². The Balaban J connectivity index is 1.60. The van der Waals surface area contributed by atoms with Crippen LogP contribution in [0.5, 0.6) is 0 Å². The second-order valence-electron chi connectivity index (χ2n) is 9.88. The average Bonchev–Trinajstić information content (AvgIpc) is 2.87. The summed E-state index contributed by atoms with van der Waals surface area (Å²) in [4.78, 5) is 16.6. The fourth-order valence-corrected chi connectivity index (χ4v) is 5.62. The Morgan fingerprint density at radius 1 is 0.947 bits per heavy atom. The highest BCUT2D eigenvalue weighted by Crippen LogP contribution is 2.31. The van der Waals surface area contributed by atoms with Crippen molar-refractivity contribution in [2.45, 2.75) is 38.1 Å². The molecule has 0 aliphatic rings. The number of allylic oxidation sites excluding steroid dienone is 1. The lowest BCUT2D eigenvalue weighted by atomic mass is 10.0. The monoisotopic (exact) mass is 535 g/mol. The summed E-state index contributed by atoms with van der Waals surface area (Å²) in [6.07, 6.45) is 3.29. The number of carbonyl (C=O) groups excluding carboxylic acids is 1. The van der Waals surface area contributed by atoms with Crippen LogP contribution in [0.2, 0.25) is 0 Å². The second kappa shape index (κ2) is 10.4. The number of pyridine rings is 1. The van der Waals surface area contributed by atoms with E-state index in [0.29, 0.717) is 5.56 Å². The summed E-state index contributed by atoms with van der Waals surface area (Å²) >= 11 is 0. The standard InChI is InChI=1S/C29H27F2N3O3S/c1-18(20-10-9-19-13-14-32-17-22(19)15-20)27(31)28(35)33-25-12-11-21(16-24(25)30)23-7-5-6-8-26(23)38(36,37)34-29(2,3)4/h5-17,34H,1-4H3,(H,33,35). The molecule has 0 aliphatic carbocycles. The number of fused-ring (bicyclic) bond motifs is 1. The Labute approximate surface area is 220 Å². The van der Waals surface area contributed by atoms with Crippen molar-refractivity contribution in [2.75, 3.05) is 5.32 Å². The van der Waals surface area contributed by atoms with Gasteiger partial charge < -0.3 is 5.32 Å². The molecule has 1 aromatic heterocycles. The van der Waals surface area contributed by atoms with Crippen LogP contribution in [0.25, 0.3) is 27.5 Å². The fourth-order valence-electron chi connectivity index (χ4n) is 3.97. The van der Waals surface area contributed by atoms with Crippen LogP contribution in [0, 0.1) is 5.82 Å². The van der Waals surface area contributed by atoms with Crippen molar-refractivity contribution in [2.24, 2.45) is 0 Å². The van der Waals surface area contributed by atoms with Gasteiger partial charge in [0.2, 0.25) is 10.0 Å². The molecular formula is C29H27F2N3O3S. The van der Waals surface area contributed by atoms with Crippen molar-refractivity contribution in [3.8, 4) is 11.1 Å². The summed E-state index contributed by atoms with van der Waals surface area (Å²) in [5.41, 5.74) is 0.204. The molecule has 0 fully saturated rings. The molecule has 1 heterocycles. The number of aromatic nitrogens is 1. The summed E-state index contributed by atoms with van der Waals surface area (Å²) in [5.74, 6) is -2.99. The second-order valence-corrected chi connectivity index (χ2v) is 11.5. The fraction of sp³-hybridized carbons (Fsp3) is 0.172. The van der Waals surface area contributed by atoms with Crippen molar-refractivity contribution in [3.63, 3.8) is 0 Å². The quantitative estimate of drug-likeness (QED) is 0.278. The summed E-state index contributed by atoms with van der Waals surface area (Å²) in [6, 6.07) is 17.1. The lowest BCUT2D eigenvalue weighted by molar-refractivity contribution is -0.114. The minimum absolute atomic E-state index is 0.0127. The number of hydrogen-bond acceptors (Lipinski definition) is 4. The van der Waals surface area contributed by atoms with E-state index in [-0.39, 0.29) is 27.3 Å². The van der Waals surface area contributed by atoms with E-state index >= 15 is 8.78 Å². The van der Waals surface area contributed by atoms with Gasteiger partial charge in [-0.1, -0.05) is 36.4 Å². The zero-order chi connectivity index (χ0) is 27.7. The van der Waals surface area contributed by atoms with Gasteiger partial charge in [0.1, 0.15) is 5.82 Å². The van der Waals surface area contributed by atoms with Crippen LogP contribution in [-0.2, 0) is 14.8 Å². The van der Waals surface area contributed by atoms with Gasteiger partial charge in [-0.15, -0.1) is 0 Å². The Morgan fingerprint density at radius 2 is 1.68 bits per heavy atom. The maximum Gasteiger partial charge on any atom is 0.284 e. The van der Waals surface area contributed by atoms with Crippen LogP contribution >= 0.6 is 0 Å². The zero-order valence-corrected chi connectivity index (χ0v) is 22.2. The number of benzene rings is 3. The number of rotatable bonds is 6. The van der Waals surface area contributed by atoms with E-state index < -0.39 is 33.1 Å². The maximum absolute atomic E-state index is 15.0. The van der Waals surface area contributed by atoms with Crippen molar-refractivity contribution in [1.29, 1.82) is 0 Å². The zero-order valence-electron chi connectivity index (χ0n) is 21.3. The molecule has 9 heteroatoms. The summed E-state index contributed by atoms with van der Waals surface area (Å²) in [5, 5.41) is 3.98. The summed E-state index contributed by atoms with van der Waals surface area (Å²) < 4.78 is 58.5. The predicted molar refractivity (Wildman–Crippen MR) is 146 cm³/mol. The van der Waals surface area contributed by atoms with Gasteiger partial charge in [0.05, 0.1) is 10.6 Å². The van der Waals surface area contributed by atoms with Crippen LogP contribution in [-0.4, -0.2) is 24.8 Å². The van der Waals surface area contributed by atoms with E-state index in [1.807, 2.05) is 6.07 Å². The molecule has 196 valence electrons. The largest absolute Gasteiger partial charge is 0.317 e. The molecule has 0 aliphatic heterocycles. The molecule has 3 aromatic carbocycles. The van der Waals surface area contributed by atoms with Crippen LogP contribution in [0.15, 0.2) is 89.8 Å². The van der Waals surface area contributed by atoms with E-state index in [1.54, 1.807) is 69.6 Å². The first-order valence-corrected chi connectivity index (χ1v) is 13.3. The van der Waals surface area contributed by atoms with Gasteiger partial charge in [0, 0.05) is 28.9 Å². The smallest absolute Gasteiger partial charge is 0.284 e. The molecule has 0 unspecified atom stereocenters. The average molecular weight is 536 g/mol. The molecule has 38 heavy (non-hydrogen) atoms. The summed E-state index contributed by atoms with van der Waals surface area (Å²) in [7, 11) is -3.90. The lowest BCUT2D eigenvalue weighted by Crippen LogP contribution is -2.40. The molecule has 4 rings (SSSR count). The first-order chi connectivity index (χ1) is 17.9. The highest BCUT2D eigenvalue weighted by molar-refractivity contribution is 7.89. The Bertz CT molecular complexity index is 1680. The molecule has 0 saturated heterocycles. The first-order valence-electron chi connectivity index (χ1n) is 11.8. The molecule has 1 amide bonds. The third-order valence-electron chi connectivity index (χ3n) is 5.75. The van der Waals surface area contributed by atoms with Crippen molar-refractivity contribution < 1.29 is 22.0 Å². The van der Waals surface area contributed by atoms with Gasteiger partial charge in [-0.05, 0) is 80.1 Å². The van der Waals surface area contributed by atoms with Crippen LogP contribution in [0.4, 0.5) is 14.5 Å². The van der Waals surface area contributed by atoms with Crippen molar-refractivity contribution in [1.82, 2.24) is 9.71 Å². The van der Waals surface area contributed by atoms with Gasteiger partial charge >= 0.3 is 0 Å². The Kier molecular flexibility index (Phi) is 7.44. The number of nitrogens with zero attached hydrogens (tertiary/aromatic N) is 1. The van der Waals surface area contributed by atoms with E-state index in [1.165, 1.54) is 25.1 Å². The minimum atomic E-state index is -3.90. The van der Waals surface area contributed by atoms with E-state index in [0.717, 1.165) is 16.8 Å².